The summed E-state index contributed by atoms with van der Waals surface area (Å²) in [5.41, 5.74) is 2.42. The maximum absolute atomic E-state index is 6.44. The van der Waals surface area contributed by atoms with Crippen molar-refractivity contribution < 1.29 is 14.2 Å². The molecule has 0 bridgehead atoms. The van der Waals surface area contributed by atoms with Gasteiger partial charge in [0.25, 0.3) is 0 Å². The first kappa shape index (κ1) is 20.3. The molecule has 156 valence electrons. The first-order chi connectivity index (χ1) is 14.2. The summed E-state index contributed by atoms with van der Waals surface area (Å²) >= 11 is 6.44. The van der Waals surface area contributed by atoms with Crippen molar-refractivity contribution in [1.82, 2.24) is 10.2 Å². The minimum Gasteiger partial charge on any atom is -0.497 e. The number of benzene rings is 2. The van der Waals surface area contributed by atoms with Crippen molar-refractivity contribution in [2.45, 2.75) is 31.8 Å². The fourth-order valence-electron chi connectivity index (χ4n) is 4.08. The zero-order chi connectivity index (χ0) is 20.1. The summed E-state index contributed by atoms with van der Waals surface area (Å²) in [5, 5.41) is 4.25. The maximum Gasteiger partial charge on any atom is 0.179 e. The lowest BCUT2D eigenvalue weighted by Gasteiger charge is -2.28. The summed E-state index contributed by atoms with van der Waals surface area (Å²) in [7, 11) is 1.70. The molecule has 29 heavy (non-hydrogen) atoms. The van der Waals surface area contributed by atoms with Crippen molar-refractivity contribution in [2.24, 2.45) is 0 Å². The monoisotopic (exact) mass is 416 g/mol. The molecule has 2 aromatic rings. The molecule has 1 saturated heterocycles. The molecule has 0 radical (unpaired) electrons. The van der Waals surface area contributed by atoms with Gasteiger partial charge in [-0.3, -0.25) is 4.90 Å². The van der Waals surface area contributed by atoms with Gasteiger partial charge in [-0.25, -0.2) is 0 Å². The van der Waals surface area contributed by atoms with E-state index in [0.717, 1.165) is 49.7 Å². The molecule has 0 amide bonds. The second-order valence-electron chi connectivity index (χ2n) is 7.62. The van der Waals surface area contributed by atoms with Crippen LogP contribution < -0.4 is 19.5 Å². The summed E-state index contributed by atoms with van der Waals surface area (Å²) < 4.78 is 16.9. The summed E-state index contributed by atoms with van der Waals surface area (Å²) in [4.78, 5) is 2.57. The summed E-state index contributed by atoms with van der Waals surface area (Å²) in [6.45, 7) is 5.20. The fourth-order valence-corrected chi connectivity index (χ4v) is 4.36. The third-order valence-corrected chi connectivity index (χ3v) is 5.89. The second kappa shape index (κ2) is 9.70. The van der Waals surface area contributed by atoms with Gasteiger partial charge >= 0.3 is 0 Å². The van der Waals surface area contributed by atoms with Gasteiger partial charge in [0, 0.05) is 25.6 Å². The molecule has 0 aliphatic carbocycles. The molecule has 0 aromatic heterocycles. The van der Waals surface area contributed by atoms with E-state index in [1.165, 1.54) is 18.4 Å². The van der Waals surface area contributed by atoms with Crippen molar-refractivity contribution in [3.8, 4) is 17.2 Å². The largest absolute Gasteiger partial charge is 0.497 e. The van der Waals surface area contributed by atoms with Crippen molar-refractivity contribution in [3.05, 3.63) is 52.5 Å². The molecule has 2 aliphatic rings. The molecule has 1 atom stereocenters. The van der Waals surface area contributed by atoms with Crippen molar-refractivity contribution in [1.29, 1.82) is 0 Å². The van der Waals surface area contributed by atoms with Gasteiger partial charge in [-0.05, 0) is 61.3 Å². The number of hydrogen-bond donors (Lipinski definition) is 1. The predicted molar refractivity (Wildman–Crippen MR) is 115 cm³/mol. The number of halogens is 1. The van der Waals surface area contributed by atoms with Gasteiger partial charge in [0.2, 0.25) is 0 Å². The smallest absolute Gasteiger partial charge is 0.179 e. The van der Waals surface area contributed by atoms with Gasteiger partial charge < -0.3 is 19.5 Å². The summed E-state index contributed by atoms with van der Waals surface area (Å²) in [5.74, 6) is 2.31. The molecule has 1 fully saturated rings. The van der Waals surface area contributed by atoms with Crippen LogP contribution in [0.5, 0.6) is 17.2 Å². The van der Waals surface area contributed by atoms with E-state index >= 15 is 0 Å². The van der Waals surface area contributed by atoms with Crippen LogP contribution in [0.25, 0.3) is 0 Å². The highest BCUT2D eigenvalue weighted by Gasteiger charge is 2.23. The lowest BCUT2D eigenvalue weighted by molar-refractivity contribution is 0.238. The lowest BCUT2D eigenvalue weighted by atomic mass is 10.0. The van der Waals surface area contributed by atoms with Gasteiger partial charge in [-0.2, -0.15) is 0 Å². The van der Waals surface area contributed by atoms with Crippen LogP contribution in [0.15, 0.2) is 36.4 Å². The molecule has 2 aliphatic heterocycles. The average molecular weight is 417 g/mol. The normalized spacial score (nSPS) is 17.7. The van der Waals surface area contributed by atoms with Gasteiger partial charge in [0.1, 0.15) is 5.75 Å². The Balaban J connectivity index is 1.43. The van der Waals surface area contributed by atoms with E-state index in [-0.39, 0.29) is 0 Å². The summed E-state index contributed by atoms with van der Waals surface area (Å²) in [6, 6.07) is 12.8. The van der Waals surface area contributed by atoms with Crippen LogP contribution in [0.4, 0.5) is 0 Å². The molecule has 1 unspecified atom stereocenters. The first-order valence-electron chi connectivity index (χ1n) is 10.4. The highest BCUT2D eigenvalue weighted by atomic mass is 35.5. The Bertz CT molecular complexity index is 807. The van der Waals surface area contributed by atoms with E-state index in [1.807, 2.05) is 24.3 Å². The number of methoxy groups -OCH3 is 1. The SMILES string of the molecule is COc1ccc(C(CNCc2cc(Cl)c3c(c2)OCCCO3)N2CCCC2)cc1. The van der Waals surface area contributed by atoms with Crippen LogP contribution in [0.1, 0.15) is 36.4 Å². The molecule has 0 spiro atoms. The van der Waals surface area contributed by atoms with E-state index in [9.17, 15) is 0 Å². The van der Waals surface area contributed by atoms with Crippen LogP contribution >= 0.6 is 11.6 Å². The van der Waals surface area contributed by atoms with Crippen molar-refractivity contribution in [3.63, 3.8) is 0 Å². The number of nitrogens with one attached hydrogen (secondary N) is 1. The number of fused-ring (bicyclic) bond motifs is 1. The van der Waals surface area contributed by atoms with Crippen LogP contribution in [-0.2, 0) is 6.54 Å². The molecule has 2 heterocycles. The molecule has 4 rings (SSSR count). The van der Waals surface area contributed by atoms with E-state index in [2.05, 4.69) is 22.3 Å². The molecule has 5 nitrogen and oxygen atoms in total. The standard InChI is InChI=1S/C23H29ClN2O3/c1-27-19-7-5-18(6-8-19)21(26-9-2-3-10-26)16-25-15-17-13-20(24)23-22(14-17)28-11-4-12-29-23/h5-8,13-14,21,25H,2-4,9-12,15-16H2,1H3. The van der Waals surface area contributed by atoms with Crippen molar-refractivity contribution in [2.75, 3.05) is 40.0 Å². The molecule has 6 heteroatoms. The number of ether oxygens (including phenoxy) is 3. The minimum atomic E-state index is 0.347. The highest BCUT2D eigenvalue weighted by Crippen LogP contribution is 2.38. The Labute approximate surface area is 177 Å². The van der Waals surface area contributed by atoms with E-state index < -0.39 is 0 Å². The zero-order valence-electron chi connectivity index (χ0n) is 17.0. The Morgan fingerprint density at radius 3 is 2.59 bits per heavy atom. The average Bonchev–Trinajstić information content (AvgIpc) is 3.16. The Hall–Kier alpha value is -1.95. The van der Waals surface area contributed by atoms with Gasteiger partial charge in [-0.1, -0.05) is 23.7 Å². The van der Waals surface area contributed by atoms with Crippen LogP contribution in [0, 0.1) is 0 Å². The van der Waals surface area contributed by atoms with Gasteiger partial charge in [0.05, 0.1) is 25.3 Å². The topological polar surface area (TPSA) is 43.0 Å². The van der Waals surface area contributed by atoms with Crippen LogP contribution in [0.2, 0.25) is 5.02 Å². The van der Waals surface area contributed by atoms with Crippen LogP contribution in [-0.4, -0.2) is 44.9 Å². The Morgan fingerprint density at radius 2 is 1.83 bits per heavy atom. The first-order valence-corrected chi connectivity index (χ1v) is 10.8. The fraction of sp³-hybridized carbons (Fsp3) is 0.478. The number of likely N-dealkylation sites (tertiary alicyclic amines) is 1. The number of rotatable bonds is 7. The number of hydrogen-bond acceptors (Lipinski definition) is 5. The zero-order valence-corrected chi connectivity index (χ0v) is 17.7. The maximum atomic E-state index is 6.44. The van der Waals surface area contributed by atoms with Crippen LogP contribution in [0.3, 0.4) is 0 Å². The van der Waals surface area contributed by atoms with E-state index in [4.69, 9.17) is 25.8 Å². The third-order valence-electron chi connectivity index (χ3n) is 5.61. The molecular weight excluding hydrogens is 388 g/mol. The van der Waals surface area contributed by atoms with E-state index in [1.54, 1.807) is 7.11 Å². The molecule has 0 saturated carbocycles. The highest BCUT2D eigenvalue weighted by molar-refractivity contribution is 6.32. The van der Waals surface area contributed by atoms with Gasteiger partial charge in [-0.15, -0.1) is 0 Å². The minimum absolute atomic E-state index is 0.347. The second-order valence-corrected chi connectivity index (χ2v) is 8.03. The summed E-state index contributed by atoms with van der Waals surface area (Å²) in [6.07, 6.45) is 3.41. The lowest BCUT2D eigenvalue weighted by Crippen LogP contribution is -2.34. The quantitative estimate of drug-likeness (QED) is 0.722. The number of nitrogens with zero attached hydrogens (tertiary/aromatic N) is 1. The Morgan fingerprint density at radius 1 is 1.07 bits per heavy atom. The van der Waals surface area contributed by atoms with E-state index in [0.29, 0.717) is 30.0 Å². The molecule has 2 aromatic carbocycles. The third kappa shape index (κ3) is 4.97. The molecular formula is C23H29ClN2O3. The van der Waals surface area contributed by atoms with Gasteiger partial charge in [0.15, 0.2) is 11.5 Å². The Kier molecular flexibility index (Phi) is 6.80. The molecule has 1 N–H and O–H groups in total. The van der Waals surface area contributed by atoms with Crippen molar-refractivity contribution >= 4 is 11.6 Å². The predicted octanol–water partition coefficient (Wildman–Crippen LogP) is 4.44.